The number of aliphatic carboxylic acids is 1. The Morgan fingerprint density at radius 2 is 1.85 bits per heavy atom. The van der Waals surface area contributed by atoms with E-state index in [4.69, 9.17) is 9.66 Å². The molecule has 1 aliphatic heterocycles. The van der Waals surface area contributed by atoms with E-state index in [1.807, 2.05) is 0 Å². The number of fused-ring (bicyclic) bond motifs is 1. The van der Waals surface area contributed by atoms with Crippen LogP contribution in [0.3, 0.4) is 0 Å². The summed E-state index contributed by atoms with van der Waals surface area (Å²) < 4.78 is 30.7. The number of hydrogen-bond donors (Lipinski definition) is 2. The van der Waals surface area contributed by atoms with E-state index in [0.29, 0.717) is 0 Å². The number of carboxylic acid groups (broad SMARTS) is 1. The summed E-state index contributed by atoms with van der Waals surface area (Å²) in [5.41, 5.74) is -0.244. The van der Waals surface area contributed by atoms with E-state index in [0.717, 1.165) is 23.1 Å². The van der Waals surface area contributed by atoms with E-state index in [2.05, 4.69) is 0 Å². The number of amides is 1. The third kappa shape index (κ3) is 2.91. The molecule has 1 aromatic carbocycles. The fraction of sp³-hybridized carbons (Fsp3) is 0.100. The second kappa shape index (κ2) is 5.62. The second-order valence-corrected chi connectivity index (χ2v) is 5.19. The molecule has 2 N–H and O–H groups in total. The second-order valence-electron chi connectivity index (χ2n) is 3.77. The quantitative estimate of drug-likeness (QED) is 0.412. The Kier molecular flexibility index (Phi) is 4.72. The molecule has 1 heterocycles. The molecular formula is C10H8NNaO7S. The van der Waals surface area contributed by atoms with Crippen LogP contribution >= 0.6 is 0 Å². The van der Waals surface area contributed by atoms with Gasteiger partial charge in [-0.15, -0.1) is 0 Å². The Hall–Kier alpha value is -1.26. The van der Waals surface area contributed by atoms with Crippen LogP contribution in [0, 0.1) is 0 Å². The van der Waals surface area contributed by atoms with Crippen molar-refractivity contribution in [1.82, 2.24) is 0 Å². The number of ketones is 1. The summed E-state index contributed by atoms with van der Waals surface area (Å²) in [6.45, 7) is -0.706. The van der Waals surface area contributed by atoms with Gasteiger partial charge in [0, 0.05) is 0 Å². The first-order valence-electron chi connectivity index (χ1n) is 4.91. The molecule has 10 heteroatoms. The minimum absolute atomic E-state index is 0. The van der Waals surface area contributed by atoms with Crippen LogP contribution in [0.25, 0.3) is 0 Å². The summed E-state index contributed by atoms with van der Waals surface area (Å²) in [5.74, 6) is -3.38. The average molecular weight is 309 g/mol. The number of nitrogens with zero attached hydrogens (tertiary/aromatic N) is 1. The molecule has 20 heavy (non-hydrogen) atoms. The molecule has 1 amide bonds. The van der Waals surface area contributed by atoms with Crippen molar-refractivity contribution in [3.05, 3.63) is 23.8 Å². The van der Waals surface area contributed by atoms with Gasteiger partial charge in [-0.3, -0.25) is 23.8 Å². The first-order valence-corrected chi connectivity index (χ1v) is 6.35. The molecule has 0 unspecified atom stereocenters. The van der Waals surface area contributed by atoms with E-state index in [1.165, 1.54) is 0 Å². The Morgan fingerprint density at radius 3 is 2.35 bits per heavy atom. The summed E-state index contributed by atoms with van der Waals surface area (Å²) in [5, 5.41) is 8.65. The van der Waals surface area contributed by atoms with Gasteiger partial charge in [0.1, 0.15) is 6.54 Å². The zero-order valence-electron chi connectivity index (χ0n) is 9.23. The summed E-state index contributed by atoms with van der Waals surface area (Å²) >= 11 is 0. The van der Waals surface area contributed by atoms with Crippen molar-refractivity contribution in [3.63, 3.8) is 0 Å². The molecule has 1 aromatic rings. The standard InChI is InChI=1S/C10H7NO7S.Na.H/c12-8(13)4-11-7-2-1-5(19(16,17)18)3-6(7)9(14)10(11)15;;/h1-3H,4H2,(H,12,13)(H,16,17,18);;. The van der Waals surface area contributed by atoms with Gasteiger partial charge in [0.05, 0.1) is 16.1 Å². The number of carboxylic acids is 1. The van der Waals surface area contributed by atoms with Crippen LogP contribution in [0.2, 0.25) is 0 Å². The Labute approximate surface area is 135 Å². The molecule has 0 saturated carbocycles. The van der Waals surface area contributed by atoms with Crippen LogP contribution in [0.1, 0.15) is 10.4 Å². The number of carbonyl (C=O) groups excluding carboxylic acids is 2. The van der Waals surface area contributed by atoms with Gasteiger partial charge in [-0.1, -0.05) is 0 Å². The normalized spacial score (nSPS) is 13.9. The molecule has 0 spiro atoms. The van der Waals surface area contributed by atoms with Gasteiger partial charge in [-0.2, -0.15) is 8.42 Å². The van der Waals surface area contributed by atoms with Crippen molar-refractivity contribution in [1.29, 1.82) is 0 Å². The Balaban J connectivity index is 0.00000200. The molecule has 1 aliphatic rings. The van der Waals surface area contributed by atoms with E-state index >= 15 is 0 Å². The maximum atomic E-state index is 11.6. The third-order valence-corrected chi connectivity index (χ3v) is 3.38. The van der Waals surface area contributed by atoms with Crippen molar-refractivity contribution in [3.8, 4) is 0 Å². The van der Waals surface area contributed by atoms with Crippen molar-refractivity contribution in [2.75, 3.05) is 11.4 Å². The SMILES string of the molecule is O=C(O)CN1C(=O)C(=O)c2cc(S(=O)(=O)O)ccc21.[NaH]. The zero-order valence-corrected chi connectivity index (χ0v) is 10.0. The molecule has 102 valence electrons. The van der Waals surface area contributed by atoms with Crippen molar-refractivity contribution in [2.24, 2.45) is 0 Å². The summed E-state index contributed by atoms with van der Waals surface area (Å²) in [6, 6.07) is 2.92. The van der Waals surface area contributed by atoms with Gasteiger partial charge < -0.3 is 5.11 Å². The fourth-order valence-electron chi connectivity index (χ4n) is 1.73. The summed E-state index contributed by atoms with van der Waals surface area (Å²) in [6.07, 6.45) is 0. The Bertz CT molecular complexity index is 712. The predicted octanol–water partition coefficient (Wildman–Crippen LogP) is -1.10. The van der Waals surface area contributed by atoms with Gasteiger partial charge in [0.2, 0.25) is 0 Å². The van der Waals surface area contributed by atoms with Crippen molar-refractivity contribution >= 4 is 63.0 Å². The number of anilines is 1. The topological polar surface area (TPSA) is 129 Å². The van der Waals surface area contributed by atoms with Crippen LogP contribution in [0.5, 0.6) is 0 Å². The average Bonchev–Trinajstić information content (AvgIpc) is 2.53. The number of carbonyl (C=O) groups is 3. The third-order valence-electron chi connectivity index (χ3n) is 2.53. The Morgan fingerprint density at radius 1 is 1.25 bits per heavy atom. The summed E-state index contributed by atoms with van der Waals surface area (Å²) in [4.78, 5) is 34.0. The minimum atomic E-state index is -4.50. The van der Waals surface area contributed by atoms with E-state index in [9.17, 15) is 22.8 Å². The van der Waals surface area contributed by atoms with Crippen LogP contribution in [0.15, 0.2) is 23.1 Å². The van der Waals surface area contributed by atoms with Gasteiger partial charge in [-0.25, -0.2) is 0 Å². The number of hydrogen-bond acceptors (Lipinski definition) is 5. The van der Waals surface area contributed by atoms with Gasteiger partial charge in [0.15, 0.2) is 0 Å². The van der Waals surface area contributed by atoms with E-state index in [1.54, 1.807) is 0 Å². The molecule has 0 saturated heterocycles. The molecule has 0 radical (unpaired) electrons. The zero-order chi connectivity index (χ0) is 14.4. The number of benzene rings is 1. The molecule has 8 nitrogen and oxygen atoms in total. The summed E-state index contributed by atoms with van der Waals surface area (Å²) in [7, 11) is -4.50. The molecule has 0 aromatic heterocycles. The first kappa shape index (κ1) is 16.8. The van der Waals surface area contributed by atoms with E-state index in [-0.39, 0.29) is 40.8 Å². The molecule has 0 atom stereocenters. The van der Waals surface area contributed by atoms with Gasteiger partial charge in [-0.05, 0) is 18.2 Å². The molecule has 0 aliphatic carbocycles. The van der Waals surface area contributed by atoms with Crippen LogP contribution < -0.4 is 4.90 Å². The van der Waals surface area contributed by atoms with Crippen LogP contribution in [-0.2, 0) is 19.7 Å². The monoisotopic (exact) mass is 309 g/mol. The van der Waals surface area contributed by atoms with Gasteiger partial charge in [0.25, 0.3) is 21.8 Å². The van der Waals surface area contributed by atoms with E-state index < -0.39 is 39.2 Å². The molecular weight excluding hydrogens is 301 g/mol. The molecule has 0 bridgehead atoms. The van der Waals surface area contributed by atoms with Crippen molar-refractivity contribution in [2.45, 2.75) is 4.90 Å². The maximum absolute atomic E-state index is 11.6. The van der Waals surface area contributed by atoms with Crippen LogP contribution in [-0.4, -0.2) is 71.8 Å². The van der Waals surface area contributed by atoms with Crippen LogP contribution in [0.4, 0.5) is 5.69 Å². The fourth-order valence-corrected chi connectivity index (χ4v) is 2.24. The molecule has 2 rings (SSSR count). The number of Topliss-reactive ketones (excluding diaryl/α,β-unsaturated/α-hetero) is 1. The molecule has 0 fully saturated rings. The van der Waals surface area contributed by atoms with Crippen molar-refractivity contribution < 1.29 is 32.5 Å². The first-order chi connectivity index (χ1) is 8.71. The predicted molar refractivity (Wildman–Crippen MR) is 67.7 cm³/mol. The number of rotatable bonds is 3. The van der Waals surface area contributed by atoms with Gasteiger partial charge >= 0.3 is 35.5 Å².